The van der Waals surface area contributed by atoms with Crippen LogP contribution in [0.25, 0.3) is 0 Å². The van der Waals surface area contributed by atoms with Gasteiger partial charge in [-0.05, 0) is 31.2 Å². The highest BCUT2D eigenvalue weighted by Crippen LogP contribution is 2.11. The summed E-state index contributed by atoms with van der Waals surface area (Å²) < 4.78 is 1.97. The van der Waals surface area contributed by atoms with Crippen LogP contribution in [0.3, 0.4) is 0 Å². The van der Waals surface area contributed by atoms with Crippen LogP contribution in [0.2, 0.25) is 0 Å². The molecule has 0 aliphatic carbocycles. The second kappa shape index (κ2) is 7.15. The number of nitrogens with zero attached hydrogens (tertiary/aromatic N) is 5. The zero-order chi connectivity index (χ0) is 16.1. The van der Waals surface area contributed by atoms with E-state index in [-0.39, 0.29) is 0 Å². The second-order valence-corrected chi connectivity index (χ2v) is 5.77. The molecule has 3 aromatic heterocycles. The molecule has 3 rings (SSSR count). The van der Waals surface area contributed by atoms with E-state index in [4.69, 9.17) is 0 Å². The summed E-state index contributed by atoms with van der Waals surface area (Å²) >= 11 is 0. The van der Waals surface area contributed by atoms with E-state index in [2.05, 4.69) is 44.2 Å². The molecule has 3 aromatic rings. The first-order valence-electron chi connectivity index (χ1n) is 7.71. The van der Waals surface area contributed by atoms with E-state index in [1.165, 1.54) is 0 Å². The topological polar surface area (TPSA) is 46.8 Å². The molecular weight excluding hydrogens is 286 g/mol. The minimum Gasteiger partial charge on any atom is -0.340 e. The number of rotatable bonds is 6. The van der Waals surface area contributed by atoms with Crippen molar-refractivity contribution in [3.8, 4) is 0 Å². The monoisotopic (exact) mass is 307 g/mol. The van der Waals surface area contributed by atoms with E-state index in [1.807, 2.05) is 49.3 Å². The number of aromatic nitrogens is 4. The maximum Gasteiger partial charge on any atom is 0.0947 e. The molecule has 0 aromatic carbocycles. The molecule has 23 heavy (non-hydrogen) atoms. The molecule has 3 heterocycles. The lowest BCUT2D eigenvalue weighted by Crippen LogP contribution is -2.23. The zero-order valence-electron chi connectivity index (χ0n) is 13.6. The van der Waals surface area contributed by atoms with Crippen LogP contribution < -0.4 is 0 Å². The first-order valence-corrected chi connectivity index (χ1v) is 7.71. The SMILES string of the molecule is Cc1cccc(CN(Cc2ccccn2)Cc2cn(C)cn2)n1. The lowest BCUT2D eigenvalue weighted by atomic mass is 10.2. The fourth-order valence-electron chi connectivity index (χ4n) is 2.58. The molecule has 0 unspecified atom stereocenters. The van der Waals surface area contributed by atoms with E-state index >= 15 is 0 Å². The Hall–Kier alpha value is -2.53. The molecule has 0 saturated heterocycles. The molecule has 0 fully saturated rings. The van der Waals surface area contributed by atoms with Gasteiger partial charge in [-0.3, -0.25) is 14.9 Å². The van der Waals surface area contributed by atoms with Crippen LogP contribution in [0.1, 0.15) is 22.8 Å². The first kappa shape index (κ1) is 15.4. The molecular formula is C18H21N5. The average Bonchev–Trinajstić information content (AvgIpc) is 2.93. The van der Waals surface area contributed by atoms with Crippen LogP contribution in [0, 0.1) is 6.92 Å². The van der Waals surface area contributed by atoms with Crippen LogP contribution in [0.15, 0.2) is 55.1 Å². The molecule has 0 N–H and O–H groups in total. The van der Waals surface area contributed by atoms with Gasteiger partial charge in [-0.1, -0.05) is 12.1 Å². The number of aryl methyl sites for hydroxylation is 2. The Morgan fingerprint density at radius 1 is 0.913 bits per heavy atom. The molecule has 5 heteroatoms. The molecule has 0 radical (unpaired) electrons. The van der Waals surface area contributed by atoms with Gasteiger partial charge in [-0.15, -0.1) is 0 Å². The molecule has 0 aliphatic heterocycles. The van der Waals surface area contributed by atoms with Crippen LogP contribution in [-0.2, 0) is 26.7 Å². The van der Waals surface area contributed by atoms with E-state index < -0.39 is 0 Å². The van der Waals surface area contributed by atoms with Crippen molar-refractivity contribution >= 4 is 0 Å². The minimum absolute atomic E-state index is 0.771. The van der Waals surface area contributed by atoms with Crippen LogP contribution >= 0.6 is 0 Å². The van der Waals surface area contributed by atoms with Crippen molar-refractivity contribution < 1.29 is 0 Å². The summed E-state index contributed by atoms with van der Waals surface area (Å²) in [7, 11) is 1.99. The fraction of sp³-hybridized carbons (Fsp3) is 0.278. The van der Waals surface area contributed by atoms with Crippen molar-refractivity contribution in [3.05, 3.63) is 77.9 Å². The van der Waals surface area contributed by atoms with Gasteiger partial charge in [0.1, 0.15) is 0 Å². The highest BCUT2D eigenvalue weighted by Gasteiger charge is 2.11. The highest BCUT2D eigenvalue weighted by molar-refractivity contribution is 5.11. The second-order valence-electron chi connectivity index (χ2n) is 5.77. The lowest BCUT2D eigenvalue weighted by Gasteiger charge is -2.20. The van der Waals surface area contributed by atoms with Crippen molar-refractivity contribution in [3.63, 3.8) is 0 Å². The third kappa shape index (κ3) is 4.47. The molecule has 0 aliphatic rings. The fourth-order valence-corrected chi connectivity index (χ4v) is 2.58. The Morgan fingerprint density at radius 3 is 2.39 bits per heavy atom. The normalized spacial score (nSPS) is 11.1. The minimum atomic E-state index is 0.771. The van der Waals surface area contributed by atoms with Gasteiger partial charge in [-0.25, -0.2) is 4.98 Å². The third-order valence-electron chi connectivity index (χ3n) is 3.59. The molecule has 0 saturated carbocycles. The van der Waals surface area contributed by atoms with Crippen LogP contribution in [0.5, 0.6) is 0 Å². The molecule has 0 spiro atoms. The van der Waals surface area contributed by atoms with Gasteiger partial charge < -0.3 is 4.57 Å². The maximum absolute atomic E-state index is 4.61. The predicted octanol–water partition coefficient (Wildman–Crippen LogP) is 2.72. The molecule has 0 amide bonds. The molecule has 0 bridgehead atoms. The number of hydrogen-bond donors (Lipinski definition) is 0. The predicted molar refractivity (Wildman–Crippen MR) is 89.4 cm³/mol. The van der Waals surface area contributed by atoms with Crippen LogP contribution in [-0.4, -0.2) is 24.4 Å². The van der Waals surface area contributed by atoms with E-state index in [1.54, 1.807) is 0 Å². The van der Waals surface area contributed by atoms with Gasteiger partial charge in [0.05, 0.1) is 23.4 Å². The quantitative estimate of drug-likeness (QED) is 0.702. The molecule has 5 nitrogen and oxygen atoms in total. The lowest BCUT2D eigenvalue weighted by molar-refractivity contribution is 0.239. The third-order valence-corrected chi connectivity index (χ3v) is 3.59. The Morgan fingerprint density at radius 2 is 1.70 bits per heavy atom. The van der Waals surface area contributed by atoms with Crippen molar-refractivity contribution in [2.45, 2.75) is 26.6 Å². The summed E-state index contributed by atoms with van der Waals surface area (Å²) in [6, 6.07) is 12.1. The summed E-state index contributed by atoms with van der Waals surface area (Å²) in [5, 5.41) is 0. The largest absolute Gasteiger partial charge is 0.340 e. The van der Waals surface area contributed by atoms with E-state index in [0.717, 1.165) is 42.4 Å². The van der Waals surface area contributed by atoms with Crippen LogP contribution in [0.4, 0.5) is 0 Å². The van der Waals surface area contributed by atoms with E-state index in [0.29, 0.717) is 0 Å². The van der Waals surface area contributed by atoms with Crippen molar-refractivity contribution in [1.82, 2.24) is 24.4 Å². The summed E-state index contributed by atoms with van der Waals surface area (Å²) in [4.78, 5) is 15.8. The Bertz CT molecular complexity index is 751. The smallest absolute Gasteiger partial charge is 0.0947 e. The van der Waals surface area contributed by atoms with Gasteiger partial charge in [-0.2, -0.15) is 0 Å². The Labute approximate surface area is 136 Å². The van der Waals surface area contributed by atoms with Gasteiger partial charge in [0.2, 0.25) is 0 Å². The Balaban J connectivity index is 1.77. The van der Waals surface area contributed by atoms with Gasteiger partial charge >= 0.3 is 0 Å². The van der Waals surface area contributed by atoms with Gasteiger partial charge in [0.25, 0.3) is 0 Å². The number of imidazole rings is 1. The summed E-state index contributed by atoms with van der Waals surface area (Å²) in [6.07, 6.45) is 5.72. The van der Waals surface area contributed by atoms with Crippen molar-refractivity contribution in [2.24, 2.45) is 7.05 Å². The van der Waals surface area contributed by atoms with E-state index in [9.17, 15) is 0 Å². The molecule has 0 atom stereocenters. The summed E-state index contributed by atoms with van der Waals surface area (Å²) in [5.74, 6) is 0. The average molecular weight is 307 g/mol. The number of pyridine rings is 2. The summed E-state index contributed by atoms with van der Waals surface area (Å²) in [6.45, 7) is 4.33. The molecule has 118 valence electrons. The van der Waals surface area contributed by atoms with Crippen molar-refractivity contribution in [1.29, 1.82) is 0 Å². The van der Waals surface area contributed by atoms with Gasteiger partial charge in [0.15, 0.2) is 0 Å². The highest BCUT2D eigenvalue weighted by atomic mass is 15.2. The maximum atomic E-state index is 4.61. The number of hydrogen-bond acceptors (Lipinski definition) is 4. The van der Waals surface area contributed by atoms with Crippen molar-refractivity contribution in [2.75, 3.05) is 0 Å². The Kier molecular flexibility index (Phi) is 4.78. The van der Waals surface area contributed by atoms with Gasteiger partial charge in [0, 0.05) is 44.8 Å². The summed E-state index contributed by atoms with van der Waals surface area (Å²) in [5.41, 5.74) is 4.21. The first-order chi connectivity index (χ1) is 11.2. The standard InChI is InChI=1S/C18H21N5/c1-15-6-5-8-17(21-15)12-23(11-16-7-3-4-9-19-16)13-18-10-22(2)14-20-18/h3-10,14H,11-13H2,1-2H3. The zero-order valence-corrected chi connectivity index (χ0v) is 13.6.